The Morgan fingerprint density at radius 2 is 0.586 bits per heavy atom. The van der Waals surface area contributed by atoms with E-state index in [0.29, 0.717) is 17.4 Å². The highest BCUT2D eigenvalue weighted by Gasteiger charge is 2.22. The Kier molecular flexibility index (Phi) is 68.3. The van der Waals surface area contributed by atoms with Crippen LogP contribution in [-0.4, -0.2) is 82.3 Å². The summed E-state index contributed by atoms with van der Waals surface area (Å²) in [6, 6.07) is 0. The molecule has 0 saturated heterocycles. The number of carbonyl (C=O) groups excluding carboxylic acids is 3. The minimum absolute atomic E-state index is 0.152. The molecule has 0 spiro atoms. The number of esters is 2. The smallest absolute Gasteiger partial charge is 0.306 e. The highest BCUT2D eigenvalue weighted by molar-refractivity contribution is 5.70. The number of carboxylic acids is 1. The van der Waals surface area contributed by atoms with Crippen LogP contribution >= 0.6 is 0 Å². The number of aliphatic carboxylic acids is 1. The predicted octanol–water partition coefficient (Wildman–Crippen LogP) is 23.0. The summed E-state index contributed by atoms with van der Waals surface area (Å²) < 4.78 is 22.8. The summed E-state index contributed by atoms with van der Waals surface area (Å²) in [4.78, 5) is 37.5. The second-order valence-corrected chi connectivity index (χ2v) is 28.0. The molecule has 0 saturated carbocycles. The molecule has 87 heavy (non-hydrogen) atoms. The lowest BCUT2D eigenvalue weighted by atomic mass is 10.0. The SMILES string of the molecule is CCCCCCCCCC/C=C\CCCCCCCCCCCCCC(=O)OC(COC(=O)CCCCCCCCCCCCCCCCCCCCCCCCCCCCCCCCCCCCCCCCC)COC(OCC[N+](C)(C)C)C(=O)[O-]. The number of nitrogens with zero attached hydrogens (tertiary/aromatic N) is 1. The lowest BCUT2D eigenvalue weighted by Gasteiger charge is -2.26. The quantitative estimate of drug-likeness (QED) is 0.0195. The lowest BCUT2D eigenvalue weighted by molar-refractivity contribution is -0.870. The third-order valence-corrected chi connectivity index (χ3v) is 18.0. The van der Waals surface area contributed by atoms with E-state index in [2.05, 4.69) is 26.0 Å². The van der Waals surface area contributed by atoms with Gasteiger partial charge in [-0.3, -0.25) is 9.59 Å². The van der Waals surface area contributed by atoms with Crippen LogP contribution in [-0.2, 0) is 33.3 Å². The maximum atomic E-state index is 12.9. The summed E-state index contributed by atoms with van der Waals surface area (Å²) in [5.41, 5.74) is 0. The van der Waals surface area contributed by atoms with Gasteiger partial charge in [-0.2, -0.15) is 0 Å². The Bertz CT molecular complexity index is 1430. The molecule has 516 valence electrons. The summed E-state index contributed by atoms with van der Waals surface area (Å²) in [7, 11) is 5.95. The normalized spacial score (nSPS) is 12.6. The van der Waals surface area contributed by atoms with Crippen LogP contribution in [0.4, 0.5) is 0 Å². The first-order chi connectivity index (χ1) is 42.6. The molecule has 0 aromatic heterocycles. The monoisotopic (exact) mass is 1230 g/mol. The van der Waals surface area contributed by atoms with Gasteiger partial charge in [0, 0.05) is 12.8 Å². The van der Waals surface area contributed by atoms with E-state index < -0.39 is 24.3 Å². The van der Waals surface area contributed by atoms with Crippen LogP contribution < -0.4 is 5.11 Å². The molecule has 9 nitrogen and oxygen atoms in total. The number of ether oxygens (including phenoxy) is 4. The largest absolute Gasteiger partial charge is 0.545 e. The van der Waals surface area contributed by atoms with Crippen LogP contribution in [0.5, 0.6) is 0 Å². The number of carboxylic acid groups (broad SMARTS) is 1. The number of hydrogen-bond donors (Lipinski definition) is 0. The van der Waals surface area contributed by atoms with Crippen molar-refractivity contribution in [1.29, 1.82) is 0 Å². The standard InChI is InChI=1S/C78H151NO8/c1-6-8-10-12-14-16-18-20-22-24-26-28-30-31-32-33-34-35-36-37-38-39-40-41-42-43-44-45-47-48-50-52-54-56-58-60-62-64-66-68-75(80)85-72-74(73-86-78(77(82)83)84-71-70-79(3,4)5)87-76(81)69-67-65-63-61-59-57-55-53-51-49-46-29-27-25-23-21-19-17-15-13-11-9-7-2/h25,27,74,78H,6-24,26,28-73H2,1-5H3/b27-25-. The van der Waals surface area contributed by atoms with Crippen LogP contribution in [0.15, 0.2) is 12.2 Å². The van der Waals surface area contributed by atoms with E-state index in [4.69, 9.17) is 18.9 Å². The van der Waals surface area contributed by atoms with Crippen molar-refractivity contribution in [2.24, 2.45) is 0 Å². The number of unbranched alkanes of at least 4 members (excludes halogenated alkanes) is 57. The van der Waals surface area contributed by atoms with Crippen molar-refractivity contribution in [1.82, 2.24) is 0 Å². The zero-order valence-electron chi connectivity index (χ0n) is 59.2. The van der Waals surface area contributed by atoms with Crippen molar-refractivity contribution in [3.05, 3.63) is 12.2 Å². The summed E-state index contributed by atoms with van der Waals surface area (Å²) in [5.74, 6) is -2.25. The van der Waals surface area contributed by atoms with Gasteiger partial charge in [-0.25, -0.2) is 0 Å². The minimum atomic E-state index is -1.62. The number of rotatable bonds is 74. The second kappa shape index (κ2) is 69.9. The van der Waals surface area contributed by atoms with Crippen LogP contribution in [0.1, 0.15) is 412 Å². The first-order valence-corrected chi connectivity index (χ1v) is 38.8. The van der Waals surface area contributed by atoms with E-state index in [-0.39, 0.29) is 32.2 Å². The van der Waals surface area contributed by atoms with E-state index in [9.17, 15) is 19.5 Å². The topological polar surface area (TPSA) is 111 Å². The molecular formula is C78H151NO8. The Morgan fingerprint density at radius 1 is 0.333 bits per heavy atom. The van der Waals surface area contributed by atoms with Gasteiger partial charge in [0.1, 0.15) is 13.2 Å². The fourth-order valence-electron chi connectivity index (χ4n) is 12.1. The molecule has 9 heteroatoms. The molecule has 0 aliphatic carbocycles. The van der Waals surface area contributed by atoms with Gasteiger partial charge in [0.05, 0.1) is 40.3 Å². The van der Waals surface area contributed by atoms with Crippen molar-refractivity contribution >= 4 is 17.9 Å². The molecule has 0 heterocycles. The Labute approximate surface area is 542 Å². The van der Waals surface area contributed by atoms with Crippen LogP contribution in [0.2, 0.25) is 0 Å². The third kappa shape index (κ3) is 71.3. The van der Waals surface area contributed by atoms with Gasteiger partial charge in [-0.1, -0.05) is 373 Å². The van der Waals surface area contributed by atoms with Crippen LogP contribution in [0, 0.1) is 0 Å². The van der Waals surface area contributed by atoms with E-state index in [1.807, 2.05) is 21.1 Å². The highest BCUT2D eigenvalue weighted by Crippen LogP contribution is 2.20. The molecule has 2 atom stereocenters. The summed E-state index contributed by atoms with van der Waals surface area (Å²) in [6.45, 7) is 4.83. The lowest BCUT2D eigenvalue weighted by Crippen LogP contribution is -2.44. The molecule has 0 rings (SSSR count). The number of likely N-dealkylation sites (N-methyl/N-ethyl adjacent to an activating group) is 1. The van der Waals surface area contributed by atoms with Crippen molar-refractivity contribution in [2.75, 3.05) is 47.5 Å². The van der Waals surface area contributed by atoms with Crippen LogP contribution in [0.25, 0.3) is 0 Å². The molecule has 0 amide bonds. The van der Waals surface area contributed by atoms with Gasteiger partial charge in [0.2, 0.25) is 0 Å². The van der Waals surface area contributed by atoms with E-state index in [1.54, 1.807) is 0 Å². The van der Waals surface area contributed by atoms with E-state index in [0.717, 1.165) is 38.5 Å². The first kappa shape index (κ1) is 85.0. The molecule has 0 aromatic rings. The molecule has 0 aliphatic heterocycles. The summed E-state index contributed by atoms with van der Waals surface area (Å²) in [5, 5.41) is 11.8. The number of allylic oxidation sites excluding steroid dienone is 2. The number of carbonyl (C=O) groups is 3. The zero-order chi connectivity index (χ0) is 63.3. The zero-order valence-corrected chi connectivity index (χ0v) is 59.2. The Hall–Kier alpha value is -1.97. The molecular weight excluding hydrogens is 1080 g/mol. The fourth-order valence-corrected chi connectivity index (χ4v) is 12.1. The molecule has 0 radical (unpaired) electrons. The van der Waals surface area contributed by atoms with Gasteiger partial charge < -0.3 is 33.3 Å². The Balaban J connectivity index is 3.92. The molecule has 0 aromatic carbocycles. The van der Waals surface area contributed by atoms with E-state index in [1.165, 1.54) is 347 Å². The van der Waals surface area contributed by atoms with Crippen molar-refractivity contribution in [3.8, 4) is 0 Å². The summed E-state index contributed by atoms with van der Waals surface area (Å²) >= 11 is 0. The molecule has 0 aliphatic rings. The number of quaternary nitrogens is 1. The maximum Gasteiger partial charge on any atom is 0.306 e. The van der Waals surface area contributed by atoms with Crippen molar-refractivity contribution in [3.63, 3.8) is 0 Å². The molecule has 0 N–H and O–H groups in total. The summed E-state index contributed by atoms with van der Waals surface area (Å²) in [6.07, 6.45) is 83.4. The molecule has 2 unspecified atom stereocenters. The average molecular weight is 1230 g/mol. The van der Waals surface area contributed by atoms with E-state index >= 15 is 0 Å². The first-order valence-electron chi connectivity index (χ1n) is 38.8. The minimum Gasteiger partial charge on any atom is -0.545 e. The Morgan fingerprint density at radius 3 is 0.851 bits per heavy atom. The molecule has 0 bridgehead atoms. The van der Waals surface area contributed by atoms with Crippen molar-refractivity contribution < 1.29 is 42.9 Å². The van der Waals surface area contributed by atoms with Gasteiger partial charge in [0.25, 0.3) is 0 Å². The van der Waals surface area contributed by atoms with Gasteiger partial charge >= 0.3 is 11.9 Å². The van der Waals surface area contributed by atoms with Crippen LogP contribution in [0.3, 0.4) is 0 Å². The fraction of sp³-hybridized carbons (Fsp3) is 0.936. The number of hydrogen-bond acceptors (Lipinski definition) is 8. The van der Waals surface area contributed by atoms with Gasteiger partial charge in [0.15, 0.2) is 12.4 Å². The van der Waals surface area contributed by atoms with Gasteiger partial charge in [-0.05, 0) is 38.5 Å². The average Bonchev–Trinajstić information content (AvgIpc) is 3.50. The second-order valence-electron chi connectivity index (χ2n) is 28.0. The predicted molar refractivity (Wildman–Crippen MR) is 371 cm³/mol. The third-order valence-electron chi connectivity index (χ3n) is 18.0. The maximum absolute atomic E-state index is 12.9. The molecule has 0 fully saturated rings. The van der Waals surface area contributed by atoms with Crippen molar-refractivity contribution in [2.45, 2.75) is 424 Å². The van der Waals surface area contributed by atoms with Gasteiger partial charge in [-0.15, -0.1) is 0 Å². The highest BCUT2D eigenvalue weighted by atomic mass is 16.7.